The quantitative estimate of drug-likeness (QED) is 0.632. The standard InChI is InChI=1S/C13H16ClN4.K/c1-2-15-11-7-9-8-16-13(14)17-12(9)18(11)10-5-3-4-6-10;/h7-8,10H,2-6H2,1H3;/q-1;+1. The molecule has 0 spiro atoms. The molecule has 1 fully saturated rings. The van der Waals surface area contributed by atoms with Crippen molar-refractivity contribution >= 4 is 28.5 Å². The average molecular weight is 303 g/mol. The summed E-state index contributed by atoms with van der Waals surface area (Å²) in [5.41, 5.74) is 0.925. The second kappa shape index (κ2) is 6.87. The van der Waals surface area contributed by atoms with E-state index in [1.807, 2.05) is 0 Å². The SMILES string of the molecule is CC[N-]c1cc2cnc(Cl)nc2n1C1CCCC1.[K+]. The molecule has 4 nitrogen and oxygen atoms in total. The molecule has 0 aliphatic heterocycles. The summed E-state index contributed by atoms with van der Waals surface area (Å²) in [6.07, 6.45) is 6.77. The minimum Gasteiger partial charge on any atom is -0.466 e. The predicted octanol–water partition coefficient (Wildman–Crippen LogP) is 1.23. The van der Waals surface area contributed by atoms with E-state index in [-0.39, 0.29) is 51.4 Å². The monoisotopic (exact) mass is 302 g/mol. The number of nitrogens with zero attached hydrogens (tertiary/aromatic N) is 4. The molecule has 3 rings (SSSR count). The topological polar surface area (TPSA) is 44.8 Å². The van der Waals surface area contributed by atoms with E-state index in [4.69, 9.17) is 11.6 Å². The molecule has 0 saturated heterocycles. The van der Waals surface area contributed by atoms with Gasteiger partial charge in [-0.25, -0.2) is 9.97 Å². The Kier molecular flexibility index (Phi) is 5.69. The first kappa shape index (κ1) is 15.7. The Morgan fingerprint density at radius 3 is 2.84 bits per heavy atom. The molecule has 96 valence electrons. The van der Waals surface area contributed by atoms with Gasteiger partial charge in [-0.15, -0.1) is 0 Å². The molecular weight excluding hydrogens is 287 g/mol. The molecule has 0 aromatic carbocycles. The number of hydrogen-bond acceptors (Lipinski definition) is 2. The fourth-order valence-electron chi connectivity index (χ4n) is 2.78. The summed E-state index contributed by atoms with van der Waals surface area (Å²) in [6, 6.07) is 2.58. The molecule has 2 aromatic rings. The maximum atomic E-state index is 5.92. The van der Waals surface area contributed by atoms with Crippen LogP contribution in [0.4, 0.5) is 5.82 Å². The van der Waals surface area contributed by atoms with E-state index in [0.29, 0.717) is 11.3 Å². The first-order valence-electron chi connectivity index (χ1n) is 6.50. The van der Waals surface area contributed by atoms with Gasteiger partial charge in [0.1, 0.15) is 0 Å². The maximum Gasteiger partial charge on any atom is 1.00 e. The average Bonchev–Trinajstić information content (AvgIpc) is 2.95. The van der Waals surface area contributed by atoms with E-state index in [1.165, 1.54) is 25.7 Å². The fraction of sp³-hybridized carbons (Fsp3) is 0.538. The van der Waals surface area contributed by atoms with Gasteiger partial charge in [0.15, 0.2) is 0 Å². The van der Waals surface area contributed by atoms with Crippen molar-refractivity contribution in [3.63, 3.8) is 0 Å². The van der Waals surface area contributed by atoms with Crippen molar-refractivity contribution < 1.29 is 51.4 Å². The number of rotatable bonds is 3. The molecule has 19 heavy (non-hydrogen) atoms. The summed E-state index contributed by atoms with van der Waals surface area (Å²) >= 11 is 5.92. The van der Waals surface area contributed by atoms with Crippen molar-refractivity contribution in [2.45, 2.75) is 38.6 Å². The molecule has 6 heteroatoms. The molecule has 0 amide bonds. The third-order valence-electron chi connectivity index (χ3n) is 3.54. The van der Waals surface area contributed by atoms with Gasteiger partial charge < -0.3 is 9.88 Å². The second-order valence-corrected chi connectivity index (χ2v) is 5.04. The van der Waals surface area contributed by atoms with Crippen LogP contribution in [0.25, 0.3) is 16.4 Å². The summed E-state index contributed by atoms with van der Waals surface area (Å²) in [7, 11) is 0. The molecule has 0 N–H and O–H groups in total. The zero-order valence-corrected chi connectivity index (χ0v) is 15.3. The summed E-state index contributed by atoms with van der Waals surface area (Å²) in [6.45, 7) is 2.83. The van der Waals surface area contributed by atoms with Gasteiger partial charge >= 0.3 is 51.4 Å². The molecule has 2 aromatic heterocycles. The van der Waals surface area contributed by atoms with Crippen LogP contribution in [-0.4, -0.2) is 21.1 Å². The van der Waals surface area contributed by atoms with Crippen molar-refractivity contribution in [2.75, 3.05) is 6.54 Å². The Bertz CT molecular complexity index is 563. The van der Waals surface area contributed by atoms with Crippen LogP contribution in [0.5, 0.6) is 0 Å². The zero-order valence-electron chi connectivity index (χ0n) is 11.4. The minimum atomic E-state index is 0. The Balaban J connectivity index is 0.00000133. The molecule has 1 aliphatic rings. The first-order valence-corrected chi connectivity index (χ1v) is 6.88. The Morgan fingerprint density at radius 2 is 2.16 bits per heavy atom. The van der Waals surface area contributed by atoms with E-state index < -0.39 is 0 Å². The van der Waals surface area contributed by atoms with Gasteiger partial charge in [0.05, 0.1) is 5.65 Å². The molecule has 1 aliphatic carbocycles. The number of hydrogen-bond donors (Lipinski definition) is 0. The van der Waals surface area contributed by atoms with Crippen LogP contribution in [0.2, 0.25) is 5.28 Å². The van der Waals surface area contributed by atoms with Crippen LogP contribution in [0.15, 0.2) is 12.3 Å². The summed E-state index contributed by atoms with van der Waals surface area (Å²) in [5.74, 6) is 1.01. The van der Waals surface area contributed by atoms with Gasteiger partial charge in [0.25, 0.3) is 0 Å². The largest absolute Gasteiger partial charge is 1.00 e. The molecule has 0 atom stereocenters. The van der Waals surface area contributed by atoms with Crippen molar-refractivity contribution in [2.24, 2.45) is 0 Å². The Hall–Kier alpha value is 0.346. The van der Waals surface area contributed by atoms with Crippen LogP contribution >= 0.6 is 11.6 Å². The van der Waals surface area contributed by atoms with Crippen molar-refractivity contribution in [1.82, 2.24) is 14.5 Å². The smallest absolute Gasteiger partial charge is 0.466 e. The molecular formula is C13H16ClKN4. The Labute approximate surface area is 160 Å². The van der Waals surface area contributed by atoms with E-state index in [0.717, 1.165) is 23.4 Å². The molecule has 0 bridgehead atoms. The zero-order chi connectivity index (χ0) is 12.5. The van der Waals surface area contributed by atoms with Gasteiger partial charge in [-0.3, -0.25) is 0 Å². The Morgan fingerprint density at radius 1 is 1.42 bits per heavy atom. The van der Waals surface area contributed by atoms with Gasteiger partial charge in [-0.2, -0.15) is 0 Å². The second-order valence-electron chi connectivity index (χ2n) is 4.70. The van der Waals surface area contributed by atoms with Crippen LogP contribution in [-0.2, 0) is 0 Å². The van der Waals surface area contributed by atoms with Crippen LogP contribution < -0.4 is 51.4 Å². The van der Waals surface area contributed by atoms with Crippen LogP contribution in [0.3, 0.4) is 0 Å². The molecule has 1 saturated carbocycles. The van der Waals surface area contributed by atoms with E-state index in [2.05, 4.69) is 32.8 Å². The molecule has 0 radical (unpaired) electrons. The molecule has 2 heterocycles. The van der Waals surface area contributed by atoms with Crippen molar-refractivity contribution in [3.8, 4) is 0 Å². The summed E-state index contributed by atoms with van der Waals surface area (Å²) in [4.78, 5) is 8.43. The summed E-state index contributed by atoms with van der Waals surface area (Å²) < 4.78 is 2.25. The summed E-state index contributed by atoms with van der Waals surface area (Å²) in [5, 5.41) is 5.90. The van der Waals surface area contributed by atoms with Crippen molar-refractivity contribution in [1.29, 1.82) is 0 Å². The van der Waals surface area contributed by atoms with Gasteiger partial charge in [-0.1, -0.05) is 51.0 Å². The third-order valence-corrected chi connectivity index (χ3v) is 3.72. The van der Waals surface area contributed by atoms with Gasteiger partial charge in [0, 0.05) is 11.6 Å². The van der Waals surface area contributed by atoms with E-state index >= 15 is 0 Å². The van der Waals surface area contributed by atoms with Gasteiger partial charge in [0.2, 0.25) is 5.28 Å². The third kappa shape index (κ3) is 3.17. The number of aromatic nitrogens is 3. The molecule has 0 unspecified atom stereocenters. The normalized spacial score (nSPS) is 15.7. The first-order chi connectivity index (χ1) is 8.79. The number of fused-ring (bicyclic) bond motifs is 1. The van der Waals surface area contributed by atoms with E-state index in [9.17, 15) is 0 Å². The van der Waals surface area contributed by atoms with Gasteiger partial charge in [-0.05, 0) is 17.6 Å². The van der Waals surface area contributed by atoms with E-state index in [1.54, 1.807) is 6.20 Å². The van der Waals surface area contributed by atoms with Crippen LogP contribution in [0, 0.1) is 0 Å². The predicted molar refractivity (Wildman–Crippen MR) is 73.6 cm³/mol. The fourth-order valence-corrected chi connectivity index (χ4v) is 2.91. The van der Waals surface area contributed by atoms with Crippen molar-refractivity contribution in [3.05, 3.63) is 22.9 Å². The van der Waals surface area contributed by atoms with Crippen LogP contribution in [0.1, 0.15) is 38.6 Å². The number of halogens is 1. The maximum absolute atomic E-state index is 5.92. The minimum absolute atomic E-state index is 0.